The largest absolute Gasteiger partial charge is 0.378 e. The van der Waals surface area contributed by atoms with Gasteiger partial charge in [0.1, 0.15) is 5.84 Å². The quantitative estimate of drug-likeness (QED) is 0.626. The predicted octanol–water partition coefficient (Wildman–Crippen LogP) is 2.11. The Kier molecular flexibility index (Phi) is 3.38. The Morgan fingerprint density at radius 1 is 1.33 bits per heavy atom. The molecule has 0 aliphatic carbocycles. The summed E-state index contributed by atoms with van der Waals surface area (Å²) in [6, 6.07) is 7.85. The fourth-order valence-corrected chi connectivity index (χ4v) is 2.00. The van der Waals surface area contributed by atoms with Crippen LogP contribution in [0.15, 0.2) is 28.7 Å². The number of ether oxygens (including phenoxy) is 1. The van der Waals surface area contributed by atoms with Crippen LogP contribution in [-0.4, -0.2) is 37.0 Å². The van der Waals surface area contributed by atoms with Crippen LogP contribution in [0, 0.1) is 5.41 Å². The average molecular weight is 269 g/mol. The zero-order valence-corrected chi connectivity index (χ0v) is 9.96. The summed E-state index contributed by atoms with van der Waals surface area (Å²) in [5, 5.41) is 8.07. The Bertz CT molecular complexity index is 361. The molecule has 1 heterocycles. The smallest absolute Gasteiger partial charge is 0.128 e. The molecule has 1 aromatic rings. The second-order valence-corrected chi connectivity index (χ2v) is 4.37. The Balaban J connectivity index is 2.12. The molecule has 1 N–H and O–H groups in total. The van der Waals surface area contributed by atoms with Gasteiger partial charge in [0, 0.05) is 23.1 Å². The van der Waals surface area contributed by atoms with Gasteiger partial charge in [-0.15, -0.1) is 0 Å². The minimum atomic E-state index is 0.583. The van der Waals surface area contributed by atoms with Crippen LogP contribution in [0.4, 0.5) is 0 Å². The maximum absolute atomic E-state index is 8.07. The van der Waals surface area contributed by atoms with Crippen molar-refractivity contribution in [3.63, 3.8) is 0 Å². The van der Waals surface area contributed by atoms with Crippen LogP contribution in [0.1, 0.15) is 5.56 Å². The standard InChI is InChI=1S/C11H13BrN2O/c12-10-3-1-2-9(8-10)11(13)14-4-6-15-7-5-14/h1-3,8,13H,4-7H2. The molecule has 1 fully saturated rings. The van der Waals surface area contributed by atoms with Crippen molar-refractivity contribution in [1.29, 1.82) is 5.41 Å². The molecule has 0 atom stereocenters. The molecule has 0 aromatic heterocycles. The molecule has 2 rings (SSSR count). The molecule has 1 aromatic carbocycles. The van der Waals surface area contributed by atoms with Gasteiger partial charge in [0.2, 0.25) is 0 Å². The van der Waals surface area contributed by atoms with Gasteiger partial charge < -0.3 is 9.64 Å². The average Bonchev–Trinajstić information content (AvgIpc) is 2.29. The maximum Gasteiger partial charge on any atom is 0.128 e. The second-order valence-electron chi connectivity index (χ2n) is 3.46. The van der Waals surface area contributed by atoms with Gasteiger partial charge >= 0.3 is 0 Å². The monoisotopic (exact) mass is 268 g/mol. The van der Waals surface area contributed by atoms with Crippen LogP contribution in [0.3, 0.4) is 0 Å². The summed E-state index contributed by atoms with van der Waals surface area (Å²) in [6.45, 7) is 3.06. The first-order valence-corrected chi connectivity index (χ1v) is 5.74. The Morgan fingerprint density at radius 2 is 2.07 bits per heavy atom. The molecule has 80 valence electrons. The molecule has 1 aliphatic rings. The summed E-state index contributed by atoms with van der Waals surface area (Å²) in [5.74, 6) is 0.583. The lowest BCUT2D eigenvalue weighted by Gasteiger charge is -2.29. The highest BCUT2D eigenvalue weighted by atomic mass is 79.9. The highest BCUT2D eigenvalue weighted by molar-refractivity contribution is 9.10. The van der Waals surface area contributed by atoms with Gasteiger partial charge in [-0.2, -0.15) is 0 Å². The van der Waals surface area contributed by atoms with Gasteiger partial charge in [0.25, 0.3) is 0 Å². The van der Waals surface area contributed by atoms with Crippen molar-refractivity contribution in [2.24, 2.45) is 0 Å². The highest BCUT2D eigenvalue weighted by Crippen LogP contribution is 2.14. The first-order valence-electron chi connectivity index (χ1n) is 4.94. The molecular weight excluding hydrogens is 256 g/mol. The molecule has 15 heavy (non-hydrogen) atoms. The third-order valence-corrected chi connectivity index (χ3v) is 2.92. The summed E-state index contributed by atoms with van der Waals surface area (Å²) >= 11 is 3.41. The molecule has 0 bridgehead atoms. The number of hydrogen-bond acceptors (Lipinski definition) is 2. The van der Waals surface area contributed by atoms with E-state index in [0.29, 0.717) is 5.84 Å². The van der Waals surface area contributed by atoms with Crippen LogP contribution in [0.2, 0.25) is 0 Å². The van der Waals surface area contributed by atoms with E-state index in [1.54, 1.807) is 0 Å². The molecule has 0 radical (unpaired) electrons. The third-order valence-electron chi connectivity index (χ3n) is 2.43. The summed E-state index contributed by atoms with van der Waals surface area (Å²) in [5.41, 5.74) is 0.950. The van der Waals surface area contributed by atoms with Crippen molar-refractivity contribution in [2.75, 3.05) is 26.3 Å². The van der Waals surface area contributed by atoms with Gasteiger partial charge in [-0.25, -0.2) is 0 Å². The fraction of sp³-hybridized carbons (Fsp3) is 0.364. The number of morpholine rings is 1. The highest BCUT2D eigenvalue weighted by Gasteiger charge is 2.14. The Hall–Kier alpha value is -0.870. The van der Waals surface area contributed by atoms with Crippen LogP contribution < -0.4 is 0 Å². The molecule has 0 saturated carbocycles. The topological polar surface area (TPSA) is 36.3 Å². The van der Waals surface area contributed by atoms with E-state index in [1.807, 2.05) is 29.2 Å². The van der Waals surface area contributed by atoms with E-state index in [9.17, 15) is 0 Å². The molecule has 4 heteroatoms. The fourth-order valence-electron chi connectivity index (χ4n) is 1.61. The van der Waals surface area contributed by atoms with Crippen molar-refractivity contribution in [3.8, 4) is 0 Å². The molecule has 0 spiro atoms. The molecule has 0 unspecified atom stereocenters. The maximum atomic E-state index is 8.07. The SMILES string of the molecule is N=C(c1cccc(Br)c1)N1CCOCC1. The number of hydrogen-bond donors (Lipinski definition) is 1. The van der Waals surface area contributed by atoms with Crippen LogP contribution in [-0.2, 0) is 4.74 Å². The van der Waals surface area contributed by atoms with Crippen molar-refractivity contribution >= 4 is 21.8 Å². The number of halogens is 1. The van der Waals surface area contributed by atoms with E-state index in [1.165, 1.54) is 0 Å². The molecule has 0 amide bonds. The zero-order chi connectivity index (χ0) is 10.7. The predicted molar refractivity (Wildman–Crippen MR) is 63.4 cm³/mol. The van der Waals surface area contributed by atoms with Gasteiger partial charge in [-0.3, -0.25) is 5.41 Å². The zero-order valence-electron chi connectivity index (χ0n) is 8.37. The second kappa shape index (κ2) is 4.77. The summed E-state index contributed by atoms with van der Waals surface area (Å²) < 4.78 is 6.27. The first kappa shape index (κ1) is 10.6. The normalized spacial score (nSPS) is 16.5. The number of nitrogens with one attached hydrogen (secondary N) is 1. The molecular formula is C11H13BrN2O. The summed E-state index contributed by atoms with van der Waals surface area (Å²) in [6.07, 6.45) is 0. The van der Waals surface area contributed by atoms with Gasteiger partial charge in [-0.1, -0.05) is 28.1 Å². The van der Waals surface area contributed by atoms with E-state index >= 15 is 0 Å². The van der Waals surface area contributed by atoms with Crippen molar-refractivity contribution in [1.82, 2.24) is 4.90 Å². The third kappa shape index (κ3) is 2.58. The Morgan fingerprint density at radius 3 is 2.73 bits per heavy atom. The van der Waals surface area contributed by atoms with E-state index < -0.39 is 0 Å². The molecule has 1 saturated heterocycles. The van der Waals surface area contributed by atoms with E-state index in [0.717, 1.165) is 36.3 Å². The van der Waals surface area contributed by atoms with Crippen molar-refractivity contribution < 1.29 is 4.74 Å². The number of rotatable bonds is 1. The Labute approximate surface area is 97.7 Å². The van der Waals surface area contributed by atoms with Crippen LogP contribution in [0.5, 0.6) is 0 Å². The van der Waals surface area contributed by atoms with E-state index in [-0.39, 0.29) is 0 Å². The number of nitrogens with zero attached hydrogens (tertiary/aromatic N) is 1. The van der Waals surface area contributed by atoms with Crippen LogP contribution in [0.25, 0.3) is 0 Å². The first-order chi connectivity index (χ1) is 7.27. The molecule has 3 nitrogen and oxygen atoms in total. The number of benzene rings is 1. The van der Waals surface area contributed by atoms with Crippen molar-refractivity contribution in [2.45, 2.75) is 0 Å². The lowest BCUT2D eigenvalue weighted by atomic mass is 10.2. The van der Waals surface area contributed by atoms with Gasteiger partial charge in [-0.05, 0) is 12.1 Å². The van der Waals surface area contributed by atoms with E-state index in [2.05, 4.69) is 15.9 Å². The summed E-state index contributed by atoms with van der Waals surface area (Å²) in [7, 11) is 0. The van der Waals surface area contributed by atoms with Gasteiger partial charge in [0.05, 0.1) is 13.2 Å². The van der Waals surface area contributed by atoms with E-state index in [4.69, 9.17) is 10.1 Å². The number of amidine groups is 1. The summed E-state index contributed by atoms with van der Waals surface area (Å²) in [4.78, 5) is 2.05. The van der Waals surface area contributed by atoms with Gasteiger partial charge in [0.15, 0.2) is 0 Å². The minimum absolute atomic E-state index is 0.583. The minimum Gasteiger partial charge on any atom is -0.378 e. The molecule has 1 aliphatic heterocycles. The van der Waals surface area contributed by atoms with Crippen LogP contribution >= 0.6 is 15.9 Å². The lowest BCUT2D eigenvalue weighted by Crippen LogP contribution is -2.40. The lowest BCUT2D eigenvalue weighted by molar-refractivity contribution is 0.0680. The van der Waals surface area contributed by atoms with Crippen molar-refractivity contribution in [3.05, 3.63) is 34.3 Å².